The van der Waals surface area contributed by atoms with Gasteiger partial charge in [-0.15, -0.1) is 0 Å². The first kappa shape index (κ1) is 28.9. The maximum absolute atomic E-state index is 13.8. The van der Waals surface area contributed by atoms with E-state index in [-0.39, 0.29) is 30.7 Å². The van der Waals surface area contributed by atoms with Crippen LogP contribution in [0.5, 0.6) is 11.5 Å². The number of carbonyl (C=O) groups excluding carboxylic acids is 2. The van der Waals surface area contributed by atoms with Crippen molar-refractivity contribution in [3.8, 4) is 11.5 Å². The van der Waals surface area contributed by atoms with Crippen molar-refractivity contribution in [1.29, 1.82) is 0 Å². The summed E-state index contributed by atoms with van der Waals surface area (Å²) in [6.45, 7) is 5.17. The summed E-state index contributed by atoms with van der Waals surface area (Å²) >= 11 is 12.4. The molecule has 1 heterocycles. The Morgan fingerprint density at radius 3 is 2.43 bits per heavy atom. The van der Waals surface area contributed by atoms with E-state index in [1.807, 2.05) is 6.92 Å². The smallest absolute Gasteiger partial charge is 0.244 e. The third-order valence-electron chi connectivity index (χ3n) is 5.91. The van der Waals surface area contributed by atoms with E-state index in [1.165, 1.54) is 17.9 Å². The second-order valence-corrected chi connectivity index (χ2v) is 11.4. The quantitative estimate of drug-likeness (QED) is 0.409. The topological polar surface area (TPSA) is 105 Å². The molecule has 0 bridgehead atoms. The molecule has 0 unspecified atom stereocenters. The lowest BCUT2D eigenvalue weighted by atomic mass is 10.1. The largest absolute Gasteiger partial charge is 0.454 e. The summed E-state index contributed by atoms with van der Waals surface area (Å²) < 4.78 is 37.9. The minimum absolute atomic E-state index is 0.00591. The van der Waals surface area contributed by atoms with Crippen LogP contribution >= 0.6 is 23.2 Å². The highest BCUT2D eigenvalue weighted by molar-refractivity contribution is 7.92. The van der Waals surface area contributed by atoms with E-state index in [4.69, 9.17) is 32.7 Å². The normalized spacial score (nSPS) is 13.2. The van der Waals surface area contributed by atoms with Crippen LogP contribution in [0.4, 0.5) is 5.69 Å². The van der Waals surface area contributed by atoms with Crippen LogP contribution in [-0.4, -0.2) is 56.8 Å². The average molecular weight is 573 g/mol. The molecule has 0 aliphatic carbocycles. The lowest BCUT2D eigenvalue weighted by molar-refractivity contribution is -0.140. The molecule has 0 saturated carbocycles. The summed E-state index contributed by atoms with van der Waals surface area (Å²) in [6, 6.07) is 8.71. The Hall–Kier alpha value is -2.69. The summed E-state index contributed by atoms with van der Waals surface area (Å²) in [5.41, 5.74) is 0.835. The molecule has 202 valence electrons. The number of sulfonamides is 1. The second-order valence-electron chi connectivity index (χ2n) is 8.42. The molecule has 2 aromatic rings. The summed E-state index contributed by atoms with van der Waals surface area (Å²) in [5.74, 6) is -0.237. The summed E-state index contributed by atoms with van der Waals surface area (Å²) in [4.78, 5) is 28.2. The second kappa shape index (κ2) is 12.7. The monoisotopic (exact) mass is 571 g/mol. The third-order valence-corrected chi connectivity index (χ3v) is 8.24. The number of hydrogen-bond donors (Lipinski definition) is 1. The van der Waals surface area contributed by atoms with Gasteiger partial charge >= 0.3 is 0 Å². The molecule has 3 rings (SSSR count). The van der Waals surface area contributed by atoms with Crippen molar-refractivity contribution < 1.29 is 27.5 Å². The third kappa shape index (κ3) is 7.00. The van der Waals surface area contributed by atoms with Gasteiger partial charge in [-0.3, -0.25) is 13.9 Å². The Bertz CT molecular complexity index is 1240. The summed E-state index contributed by atoms with van der Waals surface area (Å²) in [6.07, 6.45) is 1.04. The number of amides is 2. The molecule has 37 heavy (non-hydrogen) atoms. The number of nitrogens with one attached hydrogen (secondary N) is 1. The van der Waals surface area contributed by atoms with Crippen molar-refractivity contribution in [3.05, 3.63) is 52.0 Å². The maximum Gasteiger partial charge on any atom is 0.244 e. The van der Waals surface area contributed by atoms with E-state index in [1.54, 1.807) is 37.3 Å². The molecule has 0 aromatic heterocycles. The van der Waals surface area contributed by atoms with E-state index in [9.17, 15) is 18.0 Å². The van der Waals surface area contributed by atoms with E-state index in [0.29, 0.717) is 40.1 Å². The zero-order valence-corrected chi connectivity index (χ0v) is 23.3. The molecule has 12 heteroatoms. The number of ether oxygens (including phenoxy) is 2. The lowest BCUT2D eigenvalue weighted by Crippen LogP contribution is -2.52. The molecular formula is C25H31Cl2N3O6S. The minimum Gasteiger partial charge on any atom is -0.454 e. The van der Waals surface area contributed by atoms with E-state index in [2.05, 4.69) is 5.32 Å². The first-order valence-corrected chi connectivity index (χ1v) is 14.4. The van der Waals surface area contributed by atoms with Crippen LogP contribution in [-0.2, 0) is 26.2 Å². The van der Waals surface area contributed by atoms with Crippen LogP contribution in [0, 0.1) is 0 Å². The van der Waals surface area contributed by atoms with Crippen LogP contribution in [0.25, 0.3) is 0 Å². The van der Waals surface area contributed by atoms with Crippen molar-refractivity contribution in [2.75, 3.05) is 29.9 Å². The van der Waals surface area contributed by atoms with Crippen molar-refractivity contribution >= 4 is 50.7 Å². The highest BCUT2D eigenvalue weighted by Crippen LogP contribution is 2.36. The molecule has 0 radical (unpaired) electrons. The van der Waals surface area contributed by atoms with Gasteiger partial charge in [-0.05, 0) is 49.6 Å². The molecule has 1 aliphatic heterocycles. The number of anilines is 1. The average Bonchev–Trinajstić information content (AvgIpc) is 3.34. The van der Waals surface area contributed by atoms with E-state index in [0.717, 1.165) is 10.7 Å². The predicted molar refractivity (Wildman–Crippen MR) is 144 cm³/mol. The van der Waals surface area contributed by atoms with Gasteiger partial charge in [0.2, 0.25) is 28.6 Å². The first-order valence-electron chi connectivity index (χ1n) is 12.0. The van der Waals surface area contributed by atoms with Crippen molar-refractivity contribution in [2.24, 2.45) is 0 Å². The number of nitrogens with zero attached hydrogens (tertiary/aromatic N) is 2. The van der Waals surface area contributed by atoms with Crippen molar-refractivity contribution in [1.82, 2.24) is 10.2 Å². The molecule has 0 spiro atoms. The molecule has 2 aromatic carbocycles. The molecular weight excluding hydrogens is 541 g/mol. The fourth-order valence-corrected chi connectivity index (χ4v) is 5.40. The van der Waals surface area contributed by atoms with Gasteiger partial charge in [0.1, 0.15) is 12.6 Å². The van der Waals surface area contributed by atoms with Gasteiger partial charge in [0.25, 0.3) is 0 Å². The number of hydrogen-bond acceptors (Lipinski definition) is 6. The van der Waals surface area contributed by atoms with Gasteiger partial charge in [0, 0.05) is 29.2 Å². The summed E-state index contributed by atoms with van der Waals surface area (Å²) in [5, 5.41) is 3.60. The zero-order chi connectivity index (χ0) is 27.2. The number of fused-ring (bicyclic) bond motifs is 1. The number of rotatable bonds is 12. The fraction of sp³-hybridized carbons (Fsp3) is 0.440. The number of carbonyl (C=O) groups is 2. The van der Waals surface area contributed by atoms with Gasteiger partial charge < -0.3 is 19.7 Å². The standard InChI is InChI=1S/C25H31Cl2N3O6S/c1-4-11-28-25(32)21(5-2)29(14-17-7-8-18(26)12-20(17)27)24(31)15-30(37(33,34)6-3)19-9-10-22-23(13-19)36-16-35-22/h7-10,12-13,21H,4-6,11,14-16H2,1-3H3,(H,28,32)/t21-/m0/s1. The van der Waals surface area contributed by atoms with Crippen LogP contribution in [0.3, 0.4) is 0 Å². The highest BCUT2D eigenvalue weighted by atomic mass is 35.5. The van der Waals surface area contributed by atoms with Gasteiger partial charge in [-0.2, -0.15) is 0 Å². The van der Waals surface area contributed by atoms with Crippen LogP contribution in [0.1, 0.15) is 39.2 Å². The van der Waals surface area contributed by atoms with Gasteiger partial charge in [-0.25, -0.2) is 8.42 Å². The van der Waals surface area contributed by atoms with Crippen LogP contribution in [0.2, 0.25) is 10.0 Å². The predicted octanol–water partition coefficient (Wildman–Crippen LogP) is 4.21. The number of benzene rings is 2. The van der Waals surface area contributed by atoms with Gasteiger partial charge in [0.05, 0.1) is 11.4 Å². The van der Waals surface area contributed by atoms with Gasteiger partial charge in [-0.1, -0.05) is 43.1 Å². The van der Waals surface area contributed by atoms with Crippen LogP contribution in [0.15, 0.2) is 36.4 Å². The molecule has 1 N–H and O–H groups in total. The van der Waals surface area contributed by atoms with E-state index >= 15 is 0 Å². The molecule has 1 atom stereocenters. The Balaban J connectivity index is 1.99. The Morgan fingerprint density at radius 1 is 1.05 bits per heavy atom. The summed E-state index contributed by atoms with van der Waals surface area (Å²) in [7, 11) is -3.87. The fourth-order valence-electron chi connectivity index (χ4n) is 3.88. The lowest BCUT2D eigenvalue weighted by Gasteiger charge is -2.33. The SMILES string of the molecule is CCCNC(=O)[C@H](CC)N(Cc1ccc(Cl)cc1Cl)C(=O)CN(c1ccc2c(c1)OCO2)S(=O)(=O)CC. The molecule has 9 nitrogen and oxygen atoms in total. The maximum atomic E-state index is 13.8. The molecule has 2 amide bonds. The highest BCUT2D eigenvalue weighted by Gasteiger charge is 2.33. The Morgan fingerprint density at radius 2 is 1.78 bits per heavy atom. The van der Waals surface area contributed by atoms with Crippen molar-refractivity contribution in [3.63, 3.8) is 0 Å². The zero-order valence-electron chi connectivity index (χ0n) is 21.0. The number of halogens is 2. The molecule has 0 fully saturated rings. The minimum atomic E-state index is -3.87. The van der Waals surface area contributed by atoms with E-state index < -0.39 is 28.5 Å². The molecule has 0 saturated heterocycles. The molecule has 1 aliphatic rings. The Labute approximate surface area is 227 Å². The first-order chi connectivity index (χ1) is 17.6. The van der Waals surface area contributed by atoms with Crippen LogP contribution < -0.4 is 19.1 Å². The van der Waals surface area contributed by atoms with Gasteiger partial charge in [0.15, 0.2) is 11.5 Å². The Kier molecular flexibility index (Phi) is 9.92. The van der Waals surface area contributed by atoms with Crippen molar-refractivity contribution in [2.45, 2.75) is 46.2 Å².